The number of nitrogens with zero attached hydrogens (tertiary/aromatic N) is 3. The number of benzene rings is 1. The van der Waals surface area contributed by atoms with Gasteiger partial charge in [-0.1, -0.05) is 39.7 Å². The van der Waals surface area contributed by atoms with Gasteiger partial charge in [-0.2, -0.15) is 0 Å². The van der Waals surface area contributed by atoms with E-state index in [1.807, 2.05) is 6.92 Å². The third-order valence-corrected chi connectivity index (χ3v) is 3.70. The molecule has 0 bridgehead atoms. The van der Waals surface area contributed by atoms with Crippen LogP contribution in [0.1, 0.15) is 23.9 Å². The molecule has 0 N–H and O–H groups in total. The van der Waals surface area contributed by atoms with Crippen LogP contribution in [0.4, 0.5) is 4.39 Å². The van der Waals surface area contributed by atoms with Crippen LogP contribution in [0.3, 0.4) is 0 Å². The van der Waals surface area contributed by atoms with Gasteiger partial charge in [0.2, 0.25) is 0 Å². The molecule has 2 rings (SSSR count). The Kier molecular flexibility index (Phi) is 3.79. The molecular formula is C11H10BrClFN3. The van der Waals surface area contributed by atoms with Crippen LogP contribution in [0.2, 0.25) is 5.02 Å². The van der Waals surface area contributed by atoms with Crippen LogP contribution in [0, 0.1) is 5.82 Å². The molecule has 90 valence electrons. The molecular weight excluding hydrogens is 308 g/mol. The SMILES string of the molecule is CCC(Br)c1cn(-c2cc(Cl)ccc2F)nn1. The lowest BCUT2D eigenvalue weighted by Gasteiger charge is -2.02. The van der Waals surface area contributed by atoms with Gasteiger partial charge in [-0.15, -0.1) is 5.10 Å². The van der Waals surface area contributed by atoms with Gasteiger partial charge in [-0.3, -0.25) is 0 Å². The maximum Gasteiger partial charge on any atom is 0.149 e. The standard InChI is InChI=1S/C11H10BrClFN3/c1-2-8(12)10-6-17(16-15-10)11-5-7(13)3-4-9(11)14/h3-6,8H,2H2,1H3. The van der Waals surface area contributed by atoms with Crippen LogP contribution in [0.5, 0.6) is 0 Å². The molecule has 1 aromatic carbocycles. The quantitative estimate of drug-likeness (QED) is 0.803. The molecule has 0 saturated heterocycles. The maximum absolute atomic E-state index is 13.6. The molecule has 1 heterocycles. The van der Waals surface area contributed by atoms with Gasteiger partial charge >= 0.3 is 0 Å². The van der Waals surface area contributed by atoms with Crippen molar-refractivity contribution in [1.82, 2.24) is 15.0 Å². The van der Waals surface area contributed by atoms with E-state index < -0.39 is 0 Å². The van der Waals surface area contributed by atoms with E-state index in [0.717, 1.165) is 12.1 Å². The molecule has 0 aliphatic carbocycles. The Balaban J connectivity index is 2.40. The molecule has 1 atom stereocenters. The molecule has 0 fully saturated rings. The van der Waals surface area contributed by atoms with Gasteiger partial charge in [0.05, 0.1) is 16.7 Å². The summed E-state index contributed by atoms with van der Waals surface area (Å²) >= 11 is 9.29. The zero-order valence-electron chi connectivity index (χ0n) is 9.07. The molecule has 0 amide bonds. The normalized spacial score (nSPS) is 12.7. The molecule has 2 aromatic rings. The van der Waals surface area contributed by atoms with Gasteiger partial charge in [0.1, 0.15) is 11.5 Å². The van der Waals surface area contributed by atoms with E-state index in [1.165, 1.54) is 22.9 Å². The third kappa shape index (κ3) is 2.66. The van der Waals surface area contributed by atoms with Crippen molar-refractivity contribution >= 4 is 27.5 Å². The Hall–Kier alpha value is -0.940. The van der Waals surface area contributed by atoms with E-state index in [4.69, 9.17) is 11.6 Å². The van der Waals surface area contributed by atoms with Gasteiger partial charge in [-0.25, -0.2) is 9.07 Å². The second kappa shape index (κ2) is 5.14. The summed E-state index contributed by atoms with van der Waals surface area (Å²) in [5.74, 6) is -0.381. The van der Waals surface area contributed by atoms with Crippen LogP contribution in [0.15, 0.2) is 24.4 Å². The molecule has 0 radical (unpaired) electrons. The van der Waals surface area contributed by atoms with Crippen molar-refractivity contribution in [1.29, 1.82) is 0 Å². The predicted molar refractivity (Wildman–Crippen MR) is 68.3 cm³/mol. The van der Waals surface area contributed by atoms with Crippen molar-refractivity contribution in [2.24, 2.45) is 0 Å². The average molecular weight is 319 g/mol. The number of hydrogen-bond acceptors (Lipinski definition) is 2. The van der Waals surface area contributed by atoms with Gasteiger partial charge in [-0.05, 0) is 24.6 Å². The van der Waals surface area contributed by atoms with Crippen molar-refractivity contribution in [2.45, 2.75) is 18.2 Å². The Labute approximate surface area is 112 Å². The molecule has 0 spiro atoms. The van der Waals surface area contributed by atoms with Gasteiger partial charge in [0.25, 0.3) is 0 Å². The number of alkyl halides is 1. The summed E-state index contributed by atoms with van der Waals surface area (Å²) < 4.78 is 15.0. The fraction of sp³-hybridized carbons (Fsp3) is 0.273. The van der Waals surface area contributed by atoms with Crippen molar-refractivity contribution in [2.75, 3.05) is 0 Å². The highest BCUT2D eigenvalue weighted by atomic mass is 79.9. The van der Waals surface area contributed by atoms with Gasteiger partial charge in [0.15, 0.2) is 0 Å². The molecule has 17 heavy (non-hydrogen) atoms. The lowest BCUT2D eigenvalue weighted by molar-refractivity contribution is 0.607. The lowest BCUT2D eigenvalue weighted by Crippen LogP contribution is -1.98. The lowest BCUT2D eigenvalue weighted by atomic mass is 10.2. The molecule has 1 unspecified atom stereocenters. The second-order valence-electron chi connectivity index (χ2n) is 3.56. The molecule has 0 aliphatic heterocycles. The van der Waals surface area contributed by atoms with Crippen molar-refractivity contribution in [3.8, 4) is 5.69 Å². The van der Waals surface area contributed by atoms with E-state index in [9.17, 15) is 4.39 Å². The Morgan fingerprint density at radius 3 is 3.00 bits per heavy atom. The molecule has 0 aliphatic rings. The van der Waals surface area contributed by atoms with Crippen molar-refractivity contribution < 1.29 is 4.39 Å². The van der Waals surface area contributed by atoms with E-state index in [-0.39, 0.29) is 10.6 Å². The predicted octanol–water partition coefficient (Wildman–Crippen LogP) is 3.91. The van der Waals surface area contributed by atoms with E-state index in [0.29, 0.717) is 10.7 Å². The third-order valence-electron chi connectivity index (χ3n) is 2.35. The Morgan fingerprint density at radius 1 is 1.53 bits per heavy atom. The molecule has 0 saturated carbocycles. The number of halogens is 3. The van der Waals surface area contributed by atoms with Gasteiger partial charge in [0, 0.05) is 5.02 Å². The molecule has 6 heteroatoms. The first-order chi connectivity index (χ1) is 8.11. The topological polar surface area (TPSA) is 30.7 Å². The van der Waals surface area contributed by atoms with Crippen LogP contribution in [0.25, 0.3) is 5.69 Å². The number of rotatable bonds is 3. The summed E-state index contributed by atoms with van der Waals surface area (Å²) in [5, 5.41) is 8.35. The number of aromatic nitrogens is 3. The minimum Gasteiger partial charge on any atom is -0.217 e. The second-order valence-corrected chi connectivity index (χ2v) is 5.10. The largest absolute Gasteiger partial charge is 0.217 e. The van der Waals surface area contributed by atoms with E-state index in [2.05, 4.69) is 26.2 Å². The van der Waals surface area contributed by atoms with Crippen molar-refractivity contribution in [3.63, 3.8) is 0 Å². The first-order valence-electron chi connectivity index (χ1n) is 5.13. The minimum atomic E-state index is -0.381. The first-order valence-corrected chi connectivity index (χ1v) is 6.43. The first kappa shape index (κ1) is 12.5. The summed E-state index contributed by atoms with van der Waals surface area (Å²) in [4.78, 5) is 0.124. The average Bonchev–Trinajstić information content (AvgIpc) is 2.80. The summed E-state index contributed by atoms with van der Waals surface area (Å²) in [6.45, 7) is 2.03. The van der Waals surface area contributed by atoms with Crippen LogP contribution >= 0.6 is 27.5 Å². The fourth-order valence-corrected chi connectivity index (χ4v) is 1.78. The smallest absolute Gasteiger partial charge is 0.149 e. The highest BCUT2D eigenvalue weighted by molar-refractivity contribution is 9.09. The zero-order valence-corrected chi connectivity index (χ0v) is 11.4. The van der Waals surface area contributed by atoms with Crippen LogP contribution < -0.4 is 0 Å². The highest BCUT2D eigenvalue weighted by Crippen LogP contribution is 2.25. The zero-order chi connectivity index (χ0) is 12.4. The minimum absolute atomic E-state index is 0.124. The fourth-order valence-electron chi connectivity index (χ4n) is 1.41. The Bertz CT molecular complexity index is 529. The maximum atomic E-state index is 13.6. The van der Waals surface area contributed by atoms with E-state index in [1.54, 1.807) is 6.20 Å². The van der Waals surface area contributed by atoms with Gasteiger partial charge < -0.3 is 0 Å². The van der Waals surface area contributed by atoms with Crippen LogP contribution in [-0.2, 0) is 0 Å². The summed E-state index contributed by atoms with van der Waals surface area (Å²) in [6, 6.07) is 4.33. The van der Waals surface area contributed by atoms with Crippen LogP contribution in [-0.4, -0.2) is 15.0 Å². The highest BCUT2D eigenvalue weighted by Gasteiger charge is 2.12. The Morgan fingerprint density at radius 2 is 2.29 bits per heavy atom. The molecule has 1 aromatic heterocycles. The summed E-state index contributed by atoms with van der Waals surface area (Å²) in [7, 11) is 0. The van der Waals surface area contributed by atoms with Crippen molar-refractivity contribution in [3.05, 3.63) is 40.9 Å². The monoisotopic (exact) mass is 317 g/mol. The van der Waals surface area contributed by atoms with E-state index >= 15 is 0 Å². The summed E-state index contributed by atoms with van der Waals surface area (Å²) in [6.07, 6.45) is 2.58. The summed E-state index contributed by atoms with van der Waals surface area (Å²) in [5.41, 5.74) is 1.07. The molecule has 3 nitrogen and oxygen atoms in total. The number of hydrogen-bond donors (Lipinski definition) is 0.